The largest absolute Gasteiger partial charge is 0.481 e. The fourth-order valence-corrected chi connectivity index (χ4v) is 2.55. The molecule has 0 aliphatic carbocycles. The third kappa shape index (κ3) is 1.61. The van der Waals surface area contributed by atoms with Gasteiger partial charge in [-0.25, -0.2) is 9.50 Å². The van der Waals surface area contributed by atoms with Crippen molar-refractivity contribution in [3.63, 3.8) is 0 Å². The van der Waals surface area contributed by atoms with Gasteiger partial charge < -0.3 is 10.0 Å². The third-order valence-corrected chi connectivity index (χ3v) is 3.53. The van der Waals surface area contributed by atoms with Gasteiger partial charge in [0.1, 0.15) is 5.52 Å². The summed E-state index contributed by atoms with van der Waals surface area (Å²) in [5.41, 5.74) is 0.913. The van der Waals surface area contributed by atoms with Crippen molar-refractivity contribution in [1.29, 1.82) is 0 Å². The lowest BCUT2D eigenvalue weighted by Crippen LogP contribution is -2.24. The summed E-state index contributed by atoms with van der Waals surface area (Å²) in [4.78, 5) is 17.5. The van der Waals surface area contributed by atoms with Crippen LogP contribution in [-0.2, 0) is 4.79 Å². The highest BCUT2D eigenvalue weighted by atomic mass is 16.4. The summed E-state index contributed by atoms with van der Waals surface area (Å²) >= 11 is 0. The van der Waals surface area contributed by atoms with Crippen LogP contribution in [0.4, 0.5) is 5.82 Å². The average molecular weight is 246 g/mol. The molecule has 1 saturated heterocycles. The quantitative estimate of drug-likeness (QED) is 0.852. The van der Waals surface area contributed by atoms with Gasteiger partial charge >= 0.3 is 5.97 Å². The van der Waals surface area contributed by atoms with Crippen molar-refractivity contribution in [2.75, 3.05) is 18.0 Å². The molecule has 0 unspecified atom stereocenters. The van der Waals surface area contributed by atoms with Crippen molar-refractivity contribution in [2.45, 2.75) is 6.92 Å². The monoisotopic (exact) mass is 246 g/mol. The number of carboxylic acid groups (broad SMARTS) is 1. The van der Waals surface area contributed by atoms with E-state index in [-0.39, 0.29) is 11.8 Å². The van der Waals surface area contributed by atoms with Gasteiger partial charge in [0.15, 0.2) is 5.82 Å². The molecule has 0 spiro atoms. The molecule has 6 heteroatoms. The fraction of sp³-hybridized carbons (Fsp3) is 0.417. The zero-order valence-corrected chi connectivity index (χ0v) is 10.0. The molecule has 0 aromatic carbocycles. The second kappa shape index (κ2) is 3.97. The highest BCUT2D eigenvalue weighted by Crippen LogP contribution is 2.29. The van der Waals surface area contributed by atoms with Gasteiger partial charge in [-0.1, -0.05) is 6.92 Å². The van der Waals surface area contributed by atoms with Crippen LogP contribution in [0.5, 0.6) is 0 Å². The van der Waals surface area contributed by atoms with E-state index in [0.29, 0.717) is 6.54 Å². The first-order valence-corrected chi connectivity index (χ1v) is 5.93. The Morgan fingerprint density at radius 1 is 1.44 bits per heavy atom. The van der Waals surface area contributed by atoms with Gasteiger partial charge in [-0.15, -0.1) is 0 Å². The van der Waals surface area contributed by atoms with Gasteiger partial charge in [0.2, 0.25) is 0 Å². The first-order valence-electron chi connectivity index (χ1n) is 5.93. The van der Waals surface area contributed by atoms with E-state index in [1.807, 2.05) is 17.9 Å². The molecule has 0 saturated carbocycles. The smallest absolute Gasteiger partial charge is 0.308 e. The van der Waals surface area contributed by atoms with E-state index in [1.165, 1.54) is 0 Å². The molecule has 94 valence electrons. The number of rotatable bonds is 2. The Kier molecular flexibility index (Phi) is 2.43. The molecule has 1 fully saturated rings. The molecule has 6 nitrogen and oxygen atoms in total. The van der Waals surface area contributed by atoms with E-state index >= 15 is 0 Å². The zero-order chi connectivity index (χ0) is 12.7. The molecule has 3 heterocycles. The van der Waals surface area contributed by atoms with Gasteiger partial charge in [0, 0.05) is 25.5 Å². The van der Waals surface area contributed by atoms with Crippen molar-refractivity contribution in [2.24, 2.45) is 11.8 Å². The number of aromatic nitrogens is 3. The molecule has 0 amide bonds. The molecule has 3 rings (SSSR count). The van der Waals surface area contributed by atoms with Gasteiger partial charge in [-0.05, 0) is 12.0 Å². The van der Waals surface area contributed by atoms with Crippen LogP contribution in [-0.4, -0.2) is 38.8 Å². The minimum atomic E-state index is -0.731. The highest BCUT2D eigenvalue weighted by molar-refractivity contribution is 5.74. The van der Waals surface area contributed by atoms with Crippen LogP contribution < -0.4 is 4.90 Å². The van der Waals surface area contributed by atoms with E-state index in [4.69, 9.17) is 5.11 Å². The fourth-order valence-electron chi connectivity index (χ4n) is 2.55. The van der Waals surface area contributed by atoms with Gasteiger partial charge in [-0.3, -0.25) is 4.79 Å². The van der Waals surface area contributed by atoms with Crippen LogP contribution in [0.2, 0.25) is 0 Å². The minimum absolute atomic E-state index is 0.132. The van der Waals surface area contributed by atoms with Crippen LogP contribution in [0.15, 0.2) is 24.7 Å². The summed E-state index contributed by atoms with van der Waals surface area (Å²) in [5.74, 6) is -0.112. The van der Waals surface area contributed by atoms with Crippen molar-refractivity contribution < 1.29 is 9.90 Å². The number of anilines is 1. The van der Waals surface area contributed by atoms with Crippen molar-refractivity contribution in [1.82, 2.24) is 14.6 Å². The third-order valence-electron chi connectivity index (χ3n) is 3.53. The predicted octanol–water partition coefficient (Wildman–Crippen LogP) is 0.886. The van der Waals surface area contributed by atoms with Crippen molar-refractivity contribution in [3.05, 3.63) is 24.7 Å². The minimum Gasteiger partial charge on any atom is -0.481 e. The molecular weight excluding hydrogens is 232 g/mol. The summed E-state index contributed by atoms with van der Waals surface area (Å²) < 4.78 is 1.75. The van der Waals surface area contributed by atoms with Crippen LogP contribution in [0.3, 0.4) is 0 Å². The van der Waals surface area contributed by atoms with Crippen LogP contribution in [0.25, 0.3) is 5.52 Å². The first-order chi connectivity index (χ1) is 8.66. The Labute approximate surface area is 104 Å². The summed E-state index contributed by atoms with van der Waals surface area (Å²) in [5, 5.41) is 13.3. The van der Waals surface area contributed by atoms with Crippen LogP contribution in [0.1, 0.15) is 6.92 Å². The lowest BCUT2D eigenvalue weighted by atomic mass is 9.99. The molecule has 2 atom stereocenters. The molecular formula is C12H14N4O2. The highest BCUT2D eigenvalue weighted by Gasteiger charge is 2.35. The topological polar surface area (TPSA) is 70.7 Å². The van der Waals surface area contributed by atoms with E-state index in [1.54, 1.807) is 23.1 Å². The van der Waals surface area contributed by atoms with Crippen molar-refractivity contribution >= 4 is 17.3 Å². The number of nitrogens with zero attached hydrogens (tertiary/aromatic N) is 4. The second-order valence-corrected chi connectivity index (χ2v) is 4.74. The Balaban J connectivity index is 1.97. The van der Waals surface area contributed by atoms with E-state index in [2.05, 4.69) is 10.1 Å². The average Bonchev–Trinajstić information content (AvgIpc) is 2.94. The molecule has 2 aromatic heterocycles. The SMILES string of the molecule is C[C@@H]1CN(c2nccn3nccc23)C[C@H]1C(=O)O. The predicted molar refractivity (Wildman–Crippen MR) is 65.5 cm³/mol. The van der Waals surface area contributed by atoms with Gasteiger partial charge in [0.25, 0.3) is 0 Å². The van der Waals surface area contributed by atoms with Gasteiger partial charge in [-0.2, -0.15) is 5.10 Å². The number of carbonyl (C=O) groups is 1. The molecule has 1 N–H and O–H groups in total. The molecule has 1 aliphatic heterocycles. The summed E-state index contributed by atoms with van der Waals surface area (Å²) in [6.07, 6.45) is 5.19. The van der Waals surface area contributed by atoms with Gasteiger partial charge in [0.05, 0.1) is 12.1 Å². The standard InChI is InChI=1S/C12H14N4O2/c1-8-6-15(7-9(8)12(17)18)11-10-2-3-14-16(10)5-4-13-11/h2-5,8-9H,6-7H2,1H3,(H,17,18)/t8-,9-/m1/s1. The summed E-state index contributed by atoms with van der Waals surface area (Å²) in [7, 11) is 0. The number of aliphatic carboxylic acids is 1. The van der Waals surface area contributed by atoms with Crippen LogP contribution in [0, 0.1) is 11.8 Å². The maximum absolute atomic E-state index is 11.1. The zero-order valence-electron chi connectivity index (χ0n) is 10.0. The molecule has 0 radical (unpaired) electrons. The molecule has 2 aromatic rings. The maximum atomic E-state index is 11.1. The normalized spacial score (nSPS) is 23.7. The summed E-state index contributed by atoms with van der Waals surface area (Å²) in [6.45, 7) is 3.19. The van der Waals surface area contributed by atoms with Crippen molar-refractivity contribution in [3.8, 4) is 0 Å². The Morgan fingerprint density at radius 2 is 2.28 bits per heavy atom. The van der Waals surface area contributed by atoms with E-state index < -0.39 is 5.97 Å². The molecule has 1 aliphatic rings. The number of hydrogen-bond donors (Lipinski definition) is 1. The second-order valence-electron chi connectivity index (χ2n) is 4.74. The summed E-state index contributed by atoms with van der Waals surface area (Å²) in [6, 6.07) is 1.89. The number of hydrogen-bond acceptors (Lipinski definition) is 4. The van der Waals surface area contributed by atoms with Crippen LogP contribution >= 0.6 is 0 Å². The Morgan fingerprint density at radius 3 is 3.00 bits per heavy atom. The lowest BCUT2D eigenvalue weighted by molar-refractivity contribution is -0.142. The molecule has 18 heavy (non-hydrogen) atoms. The Hall–Kier alpha value is -2.11. The maximum Gasteiger partial charge on any atom is 0.308 e. The van der Waals surface area contributed by atoms with E-state index in [0.717, 1.165) is 17.9 Å². The Bertz CT molecular complexity index is 595. The first kappa shape index (κ1) is 11.0. The lowest BCUT2D eigenvalue weighted by Gasteiger charge is -2.17. The van der Waals surface area contributed by atoms with E-state index in [9.17, 15) is 4.79 Å². The molecule has 0 bridgehead atoms. The number of carboxylic acids is 1. The number of fused-ring (bicyclic) bond motifs is 1.